The fourth-order valence-corrected chi connectivity index (χ4v) is 3.13. The Kier molecular flexibility index (Phi) is 15.5. The molecule has 0 aliphatic carbocycles. The van der Waals surface area contributed by atoms with E-state index in [0.717, 1.165) is 0 Å². The molecule has 15 heteroatoms. The highest BCUT2D eigenvalue weighted by atomic mass is 79.9. The summed E-state index contributed by atoms with van der Waals surface area (Å²) in [7, 11) is 0. The Labute approximate surface area is 235 Å². The molecule has 36 heavy (non-hydrogen) atoms. The van der Waals surface area contributed by atoms with E-state index in [4.69, 9.17) is 55.9 Å². The van der Waals surface area contributed by atoms with Gasteiger partial charge in [-0.05, 0) is 32.9 Å². The van der Waals surface area contributed by atoms with Crippen LogP contribution in [0, 0.1) is 27.2 Å². The van der Waals surface area contributed by atoms with Crippen LogP contribution in [0.4, 0.5) is 11.4 Å². The first-order valence-corrected chi connectivity index (χ1v) is 12.5. The first-order chi connectivity index (χ1) is 16.7. The SMILES string of the molecule is CCOC(=O)c1cccc([N+](=O)[O-])c1C.CCOC(=O)c1cccc([N+](=O)[O-])c1CBr.ClC(Cl)(Cl)Cl. The van der Waals surface area contributed by atoms with Crippen LogP contribution in [-0.2, 0) is 14.8 Å². The summed E-state index contributed by atoms with van der Waals surface area (Å²) in [5.74, 6) is -1.07. The molecule has 0 aromatic heterocycles. The van der Waals surface area contributed by atoms with Gasteiger partial charge in [-0.1, -0.05) is 74.5 Å². The maximum Gasteiger partial charge on any atom is 0.338 e. The van der Waals surface area contributed by atoms with Crippen LogP contribution in [0.5, 0.6) is 0 Å². The Morgan fingerprint density at radius 2 is 1.25 bits per heavy atom. The quantitative estimate of drug-likeness (QED) is 0.132. The molecule has 0 saturated carbocycles. The van der Waals surface area contributed by atoms with Crippen LogP contribution in [0.2, 0.25) is 0 Å². The number of nitro groups is 2. The van der Waals surface area contributed by atoms with Gasteiger partial charge in [0.25, 0.3) is 14.6 Å². The molecule has 0 bridgehead atoms. The topological polar surface area (TPSA) is 139 Å². The minimum Gasteiger partial charge on any atom is -0.462 e. The van der Waals surface area contributed by atoms with E-state index in [2.05, 4.69) is 15.9 Å². The van der Waals surface area contributed by atoms with Gasteiger partial charge in [0, 0.05) is 23.0 Å². The number of benzene rings is 2. The molecule has 0 unspecified atom stereocenters. The van der Waals surface area contributed by atoms with Crippen LogP contribution in [0.15, 0.2) is 36.4 Å². The third-order valence-electron chi connectivity index (χ3n) is 3.97. The first-order valence-electron chi connectivity index (χ1n) is 9.85. The highest BCUT2D eigenvalue weighted by Gasteiger charge is 2.21. The number of nitrogens with zero attached hydrogens (tertiary/aromatic N) is 2. The molecule has 0 fully saturated rings. The van der Waals surface area contributed by atoms with Gasteiger partial charge in [-0.3, -0.25) is 20.2 Å². The summed E-state index contributed by atoms with van der Waals surface area (Å²) >= 11 is 22.4. The van der Waals surface area contributed by atoms with Crippen molar-refractivity contribution in [3.8, 4) is 0 Å². The van der Waals surface area contributed by atoms with Gasteiger partial charge in [0.15, 0.2) is 0 Å². The third-order valence-corrected chi connectivity index (χ3v) is 4.53. The average molecular weight is 651 g/mol. The van der Waals surface area contributed by atoms with E-state index < -0.39 is 25.0 Å². The second-order valence-electron chi connectivity index (χ2n) is 6.27. The van der Waals surface area contributed by atoms with Crippen molar-refractivity contribution in [3.05, 3.63) is 78.9 Å². The normalized spacial score (nSPS) is 10.1. The van der Waals surface area contributed by atoms with Gasteiger partial charge < -0.3 is 9.47 Å². The van der Waals surface area contributed by atoms with Crippen LogP contribution in [0.3, 0.4) is 0 Å². The maximum atomic E-state index is 11.5. The number of hydrogen-bond donors (Lipinski definition) is 0. The van der Waals surface area contributed by atoms with Crippen LogP contribution < -0.4 is 0 Å². The highest BCUT2D eigenvalue weighted by molar-refractivity contribution is 9.08. The van der Waals surface area contributed by atoms with Crippen molar-refractivity contribution in [1.82, 2.24) is 0 Å². The lowest BCUT2D eigenvalue weighted by Crippen LogP contribution is -2.09. The van der Waals surface area contributed by atoms with E-state index in [1.54, 1.807) is 13.8 Å². The van der Waals surface area contributed by atoms with Gasteiger partial charge in [0.2, 0.25) is 0 Å². The van der Waals surface area contributed by atoms with Crippen molar-refractivity contribution in [2.75, 3.05) is 13.2 Å². The number of carbonyl (C=O) groups excluding carboxylic acids is 2. The minimum atomic E-state index is -1.61. The predicted molar refractivity (Wildman–Crippen MR) is 142 cm³/mol. The molecule has 198 valence electrons. The van der Waals surface area contributed by atoms with Crippen molar-refractivity contribution < 1.29 is 28.9 Å². The number of hydrogen-bond acceptors (Lipinski definition) is 8. The van der Waals surface area contributed by atoms with Gasteiger partial charge in [0.1, 0.15) is 0 Å². The molecule has 0 aliphatic heterocycles. The zero-order valence-corrected chi connectivity index (χ0v) is 23.7. The van der Waals surface area contributed by atoms with E-state index in [0.29, 0.717) is 11.1 Å². The van der Waals surface area contributed by atoms with E-state index in [1.807, 2.05) is 0 Å². The first kappa shape index (κ1) is 33.8. The maximum absolute atomic E-state index is 11.5. The number of esters is 2. The van der Waals surface area contributed by atoms with Crippen LogP contribution in [-0.4, -0.2) is 38.3 Å². The molecule has 0 heterocycles. The zero-order valence-electron chi connectivity index (χ0n) is 19.1. The molecule has 0 spiro atoms. The lowest BCUT2D eigenvalue weighted by molar-refractivity contribution is -0.385. The van der Waals surface area contributed by atoms with E-state index in [-0.39, 0.29) is 41.0 Å². The molecule has 0 amide bonds. The number of rotatable bonds is 7. The van der Waals surface area contributed by atoms with Gasteiger partial charge in [-0.2, -0.15) is 0 Å². The van der Waals surface area contributed by atoms with Crippen molar-refractivity contribution >= 4 is 85.6 Å². The van der Waals surface area contributed by atoms with Crippen LogP contribution in [0.25, 0.3) is 0 Å². The largest absolute Gasteiger partial charge is 0.462 e. The summed E-state index contributed by atoms with van der Waals surface area (Å²) in [6, 6.07) is 8.69. The van der Waals surface area contributed by atoms with E-state index in [9.17, 15) is 29.8 Å². The lowest BCUT2D eigenvalue weighted by atomic mass is 10.1. The Morgan fingerprint density at radius 1 is 0.861 bits per heavy atom. The Balaban J connectivity index is 0.000000575. The number of carbonyl (C=O) groups is 2. The van der Waals surface area contributed by atoms with Crippen molar-refractivity contribution in [3.63, 3.8) is 0 Å². The van der Waals surface area contributed by atoms with Gasteiger partial charge >= 0.3 is 11.9 Å². The monoisotopic (exact) mass is 648 g/mol. The molecule has 0 atom stereocenters. The summed E-state index contributed by atoms with van der Waals surface area (Å²) in [5, 5.41) is 21.6. The highest BCUT2D eigenvalue weighted by Crippen LogP contribution is 2.30. The molecule has 2 rings (SSSR count). The number of alkyl halides is 5. The van der Waals surface area contributed by atoms with Gasteiger partial charge in [-0.25, -0.2) is 9.59 Å². The number of nitro benzene ring substituents is 2. The second kappa shape index (κ2) is 16.5. The van der Waals surface area contributed by atoms with Crippen LogP contribution >= 0.6 is 62.3 Å². The van der Waals surface area contributed by atoms with Crippen molar-refractivity contribution in [1.29, 1.82) is 0 Å². The lowest BCUT2D eigenvalue weighted by Gasteiger charge is -2.06. The summed E-state index contributed by atoms with van der Waals surface area (Å²) in [5.41, 5.74) is 0.994. The molecule has 10 nitrogen and oxygen atoms in total. The summed E-state index contributed by atoms with van der Waals surface area (Å²) in [6.07, 6.45) is 0. The van der Waals surface area contributed by atoms with E-state index >= 15 is 0 Å². The van der Waals surface area contributed by atoms with Gasteiger partial charge in [0.05, 0.1) is 39.8 Å². The Morgan fingerprint density at radius 3 is 1.64 bits per heavy atom. The minimum absolute atomic E-state index is 0.0689. The van der Waals surface area contributed by atoms with E-state index in [1.165, 1.54) is 43.3 Å². The number of ether oxygens (including phenoxy) is 2. The smallest absolute Gasteiger partial charge is 0.338 e. The molecule has 0 aliphatic rings. The fraction of sp³-hybridized carbons (Fsp3) is 0.333. The fourth-order valence-electron chi connectivity index (χ4n) is 2.54. The number of halogens is 5. The second-order valence-corrected chi connectivity index (χ2v) is 10.3. The molecular formula is C21H21BrCl4N2O8. The Hall–Kier alpha value is -2.18. The predicted octanol–water partition coefficient (Wildman–Crippen LogP) is 7.30. The molecule has 2 aromatic carbocycles. The molecule has 0 radical (unpaired) electrons. The average Bonchev–Trinajstić information content (AvgIpc) is 2.78. The zero-order chi connectivity index (χ0) is 28.1. The summed E-state index contributed by atoms with van der Waals surface area (Å²) < 4.78 is 7.99. The Bertz CT molecular complexity index is 1070. The molecule has 2 aromatic rings. The molecular weight excluding hydrogens is 630 g/mol. The van der Waals surface area contributed by atoms with Crippen molar-refractivity contribution in [2.45, 2.75) is 29.4 Å². The van der Waals surface area contributed by atoms with Crippen LogP contribution in [0.1, 0.15) is 45.7 Å². The standard InChI is InChI=1S/C10H10BrNO4.C10H11NO4.CCl4/c1-2-16-10(13)7-4-3-5-9(12(14)15)8(7)6-11;1-3-15-10(12)8-5-4-6-9(7(8)2)11(13)14;2-1(3,4)5/h3-5H,2,6H2,1H3;4-6H,3H2,1-2H3;. The summed E-state index contributed by atoms with van der Waals surface area (Å²) in [6.45, 7) is 5.39. The third kappa shape index (κ3) is 12.2. The van der Waals surface area contributed by atoms with Gasteiger partial charge in [-0.15, -0.1) is 0 Å². The van der Waals surface area contributed by atoms with Crippen molar-refractivity contribution in [2.24, 2.45) is 0 Å². The molecule has 0 N–H and O–H groups in total. The molecule has 0 saturated heterocycles. The summed E-state index contributed by atoms with van der Waals surface area (Å²) in [4.78, 5) is 43.3.